The number of carbonyl (C=O) groups excluding carboxylic acids is 2. The summed E-state index contributed by atoms with van der Waals surface area (Å²) in [6, 6.07) is 0. The fourth-order valence-electron chi connectivity index (χ4n) is 4.75. The van der Waals surface area contributed by atoms with Crippen LogP contribution in [0.15, 0.2) is 23.8 Å². The highest BCUT2D eigenvalue weighted by atomic mass is 16.5. The third kappa shape index (κ3) is 7.28. The number of aliphatic hydroxyl groups excluding tert-OH is 2. The second-order valence-corrected chi connectivity index (χ2v) is 9.92. The Hall–Kier alpha value is -1.46. The van der Waals surface area contributed by atoms with Crippen LogP contribution in [0.5, 0.6) is 0 Å². The van der Waals surface area contributed by atoms with E-state index in [0.717, 1.165) is 25.7 Å². The van der Waals surface area contributed by atoms with E-state index in [1.165, 1.54) is 5.57 Å². The number of hydrogen-bond donors (Lipinski definition) is 2. The van der Waals surface area contributed by atoms with Gasteiger partial charge in [-0.3, -0.25) is 9.59 Å². The highest BCUT2D eigenvalue weighted by Gasteiger charge is 2.40. The Kier molecular flexibility index (Phi) is 9.95. The third-order valence-electron chi connectivity index (χ3n) is 7.09. The van der Waals surface area contributed by atoms with Gasteiger partial charge in [-0.25, -0.2) is 0 Å². The fourth-order valence-corrected chi connectivity index (χ4v) is 4.75. The molecule has 0 heterocycles. The van der Waals surface area contributed by atoms with Crippen molar-refractivity contribution in [1.82, 2.24) is 0 Å². The van der Waals surface area contributed by atoms with E-state index in [-0.39, 0.29) is 54.4 Å². The molecule has 0 aromatic rings. The monoisotopic (exact) mass is 434 g/mol. The Morgan fingerprint density at radius 3 is 2.55 bits per heavy atom. The number of aliphatic hydroxyl groups is 2. The quantitative estimate of drug-likeness (QED) is 0.464. The van der Waals surface area contributed by atoms with Crippen LogP contribution >= 0.6 is 0 Å². The Morgan fingerprint density at radius 2 is 1.90 bits per heavy atom. The first-order valence-electron chi connectivity index (χ1n) is 12.1. The van der Waals surface area contributed by atoms with Gasteiger partial charge in [0.05, 0.1) is 18.1 Å². The molecule has 0 unspecified atom stereocenters. The molecule has 7 atom stereocenters. The molecule has 0 bridgehead atoms. The zero-order valence-electron chi connectivity index (χ0n) is 19.9. The molecule has 0 fully saturated rings. The summed E-state index contributed by atoms with van der Waals surface area (Å²) in [6.45, 7) is 9.74. The van der Waals surface area contributed by atoms with Crippen molar-refractivity contribution < 1.29 is 24.5 Å². The first-order valence-corrected chi connectivity index (χ1v) is 12.1. The molecule has 5 nitrogen and oxygen atoms in total. The molecule has 0 aliphatic heterocycles. The number of ketones is 1. The molecule has 0 radical (unpaired) electrons. The van der Waals surface area contributed by atoms with Crippen molar-refractivity contribution in [2.75, 3.05) is 0 Å². The SMILES string of the molecule is CC[C@H](C)C(=O)O[C@H]1CCC=C2C=C[C@H](C)[C@H](CC[C@@H](O)C[C@@H](O)CC(=O)C(C)C)[C@H]21. The molecule has 0 spiro atoms. The standard InChI is InChI=1S/C26H42O5/c1-6-17(4)26(30)31-24-9-7-8-19-11-10-18(5)22(25(19)24)13-12-20(27)14-21(28)15-23(29)16(2)3/h8,10-11,16-18,20-22,24-25,27-28H,6-7,9,12-15H2,1-5H3/t17-,18-,20+,21+,22-,24-,25-/m0/s1. The van der Waals surface area contributed by atoms with Crippen LogP contribution in [0.3, 0.4) is 0 Å². The highest BCUT2D eigenvalue weighted by Crippen LogP contribution is 2.44. The first kappa shape index (κ1) is 25.8. The van der Waals surface area contributed by atoms with E-state index in [1.54, 1.807) is 0 Å². The normalized spacial score (nSPS) is 28.5. The van der Waals surface area contributed by atoms with Crippen molar-refractivity contribution in [1.29, 1.82) is 0 Å². The first-order chi connectivity index (χ1) is 14.6. The molecule has 0 amide bonds. The number of rotatable bonds is 11. The zero-order valence-corrected chi connectivity index (χ0v) is 19.9. The third-order valence-corrected chi connectivity index (χ3v) is 7.09. The van der Waals surface area contributed by atoms with Crippen molar-refractivity contribution >= 4 is 11.8 Å². The number of esters is 1. The lowest BCUT2D eigenvalue weighted by Crippen LogP contribution is -2.40. The number of hydrogen-bond acceptors (Lipinski definition) is 5. The van der Waals surface area contributed by atoms with Crippen molar-refractivity contribution in [3.05, 3.63) is 23.8 Å². The van der Waals surface area contributed by atoms with E-state index in [2.05, 4.69) is 25.2 Å². The van der Waals surface area contributed by atoms with Crippen LogP contribution in [0, 0.1) is 29.6 Å². The summed E-state index contributed by atoms with van der Waals surface area (Å²) in [4.78, 5) is 24.3. The number of ether oxygens (including phenoxy) is 1. The van der Waals surface area contributed by atoms with Crippen LogP contribution in [-0.4, -0.2) is 40.3 Å². The van der Waals surface area contributed by atoms with Crippen LogP contribution < -0.4 is 0 Å². The minimum absolute atomic E-state index is 0.0219. The molecular weight excluding hydrogens is 392 g/mol. The summed E-state index contributed by atoms with van der Waals surface area (Å²) in [6.07, 6.45) is 9.26. The van der Waals surface area contributed by atoms with Gasteiger partial charge < -0.3 is 14.9 Å². The van der Waals surface area contributed by atoms with Gasteiger partial charge in [0.2, 0.25) is 0 Å². The van der Waals surface area contributed by atoms with Crippen molar-refractivity contribution in [2.24, 2.45) is 29.6 Å². The predicted molar refractivity (Wildman–Crippen MR) is 122 cm³/mol. The van der Waals surface area contributed by atoms with Crippen LogP contribution in [0.1, 0.15) is 79.6 Å². The minimum atomic E-state index is -0.803. The van der Waals surface area contributed by atoms with Gasteiger partial charge in [-0.1, -0.05) is 52.8 Å². The maximum Gasteiger partial charge on any atom is 0.308 e. The van der Waals surface area contributed by atoms with Crippen molar-refractivity contribution in [3.8, 4) is 0 Å². The Bertz CT molecular complexity index is 665. The molecular formula is C26H42O5. The highest BCUT2D eigenvalue weighted by molar-refractivity contribution is 5.80. The van der Waals surface area contributed by atoms with Crippen LogP contribution in [0.2, 0.25) is 0 Å². The lowest BCUT2D eigenvalue weighted by atomic mass is 9.66. The number of carbonyl (C=O) groups is 2. The number of fused-ring (bicyclic) bond motifs is 1. The van der Waals surface area contributed by atoms with E-state index >= 15 is 0 Å². The summed E-state index contributed by atoms with van der Waals surface area (Å²) in [7, 11) is 0. The summed E-state index contributed by atoms with van der Waals surface area (Å²) >= 11 is 0. The molecule has 0 saturated carbocycles. The van der Waals surface area contributed by atoms with E-state index in [1.807, 2.05) is 27.7 Å². The van der Waals surface area contributed by atoms with Crippen molar-refractivity contribution in [3.63, 3.8) is 0 Å². The molecule has 2 aliphatic rings. The smallest absolute Gasteiger partial charge is 0.308 e. The number of allylic oxidation sites excluding steroid dienone is 3. The van der Waals surface area contributed by atoms with Gasteiger partial charge >= 0.3 is 5.97 Å². The maximum atomic E-state index is 12.5. The average Bonchev–Trinajstić information content (AvgIpc) is 2.72. The molecule has 2 rings (SSSR count). The molecule has 31 heavy (non-hydrogen) atoms. The Balaban J connectivity index is 2.00. The van der Waals surface area contributed by atoms with Gasteiger partial charge in [-0.15, -0.1) is 0 Å². The van der Waals surface area contributed by atoms with Crippen LogP contribution in [-0.2, 0) is 14.3 Å². The van der Waals surface area contributed by atoms with Gasteiger partial charge in [0, 0.05) is 18.3 Å². The van der Waals surface area contributed by atoms with E-state index < -0.39 is 12.2 Å². The molecule has 0 saturated heterocycles. The van der Waals surface area contributed by atoms with E-state index in [9.17, 15) is 19.8 Å². The van der Waals surface area contributed by atoms with Gasteiger partial charge in [0.15, 0.2) is 0 Å². The van der Waals surface area contributed by atoms with Crippen LogP contribution in [0.4, 0.5) is 0 Å². The summed E-state index contributed by atoms with van der Waals surface area (Å²) in [5.74, 6) is 0.456. The van der Waals surface area contributed by atoms with Gasteiger partial charge in [-0.05, 0) is 55.9 Å². The Labute approximate surface area is 187 Å². The molecule has 2 aliphatic carbocycles. The molecule has 0 aromatic carbocycles. The summed E-state index contributed by atoms with van der Waals surface area (Å²) in [5.41, 5.74) is 1.24. The predicted octanol–water partition coefficient (Wildman–Crippen LogP) is 4.61. The molecule has 0 aromatic heterocycles. The summed E-state index contributed by atoms with van der Waals surface area (Å²) in [5, 5.41) is 20.7. The lowest BCUT2D eigenvalue weighted by molar-refractivity contribution is -0.158. The molecule has 176 valence electrons. The Morgan fingerprint density at radius 1 is 1.19 bits per heavy atom. The second kappa shape index (κ2) is 12.0. The fraction of sp³-hybridized carbons (Fsp3) is 0.769. The lowest BCUT2D eigenvalue weighted by Gasteiger charge is -2.42. The van der Waals surface area contributed by atoms with Gasteiger partial charge in [0.1, 0.15) is 11.9 Å². The topological polar surface area (TPSA) is 83.8 Å². The zero-order chi connectivity index (χ0) is 23.1. The molecule has 5 heteroatoms. The average molecular weight is 435 g/mol. The molecule has 2 N–H and O–H groups in total. The van der Waals surface area contributed by atoms with Crippen LogP contribution in [0.25, 0.3) is 0 Å². The van der Waals surface area contributed by atoms with Gasteiger partial charge in [-0.2, -0.15) is 0 Å². The second-order valence-electron chi connectivity index (χ2n) is 9.92. The summed E-state index contributed by atoms with van der Waals surface area (Å²) < 4.78 is 5.98. The van der Waals surface area contributed by atoms with Crippen molar-refractivity contribution in [2.45, 2.75) is 97.9 Å². The van der Waals surface area contributed by atoms with E-state index in [0.29, 0.717) is 12.3 Å². The largest absolute Gasteiger partial charge is 0.461 e. The number of Topliss-reactive ketones (excluding diaryl/α,β-unsaturated/α-hetero) is 1. The maximum absolute atomic E-state index is 12.5. The minimum Gasteiger partial charge on any atom is -0.461 e. The van der Waals surface area contributed by atoms with Gasteiger partial charge in [0.25, 0.3) is 0 Å². The van der Waals surface area contributed by atoms with E-state index in [4.69, 9.17) is 4.74 Å².